The number of rotatable bonds is 3. The highest BCUT2D eigenvalue weighted by atomic mass is 19.4. The van der Waals surface area contributed by atoms with Crippen LogP contribution in [0.2, 0.25) is 0 Å². The molecule has 0 amide bonds. The number of alkyl halides is 3. The summed E-state index contributed by atoms with van der Waals surface area (Å²) in [4.78, 5) is 7.93. The monoisotopic (exact) mass is 473 g/mol. The summed E-state index contributed by atoms with van der Waals surface area (Å²) in [7, 11) is 1.65. The van der Waals surface area contributed by atoms with Crippen LogP contribution < -0.4 is 16.8 Å². The molecule has 2 heterocycles. The van der Waals surface area contributed by atoms with Crippen molar-refractivity contribution in [2.45, 2.75) is 40.3 Å². The van der Waals surface area contributed by atoms with Crippen LogP contribution in [0.4, 0.5) is 19.0 Å². The minimum Gasteiger partial charge on any atom is -0.403 e. The van der Waals surface area contributed by atoms with Crippen molar-refractivity contribution in [2.75, 3.05) is 12.8 Å². The molecular weight excluding hydrogens is 439 g/mol. The van der Waals surface area contributed by atoms with E-state index in [0.717, 1.165) is 5.92 Å². The van der Waals surface area contributed by atoms with Crippen LogP contribution in [0.15, 0.2) is 71.4 Å². The van der Waals surface area contributed by atoms with Gasteiger partial charge in [0.05, 0.1) is 22.7 Å². The lowest BCUT2D eigenvalue weighted by atomic mass is 10.1. The first-order valence-electron chi connectivity index (χ1n) is 10.9. The molecule has 0 aliphatic carbocycles. The van der Waals surface area contributed by atoms with Gasteiger partial charge in [-0.05, 0) is 37.5 Å². The third kappa shape index (κ3) is 9.52. The third-order valence-electron chi connectivity index (χ3n) is 4.21. The van der Waals surface area contributed by atoms with Gasteiger partial charge >= 0.3 is 6.18 Å². The summed E-state index contributed by atoms with van der Waals surface area (Å²) >= 11 is 0. The summed E-state index contributed by atoms with van der Waals surface area (Å²) < 4.78 is 39.6. The van der Waals surface area contributed by atoms with E-state index in [1.807, 2.05) is 18.2 Å². The zero-order valence-corrected chi connectivity index (χ0v) is 20.3. The summed E-state index contributed by atoms with van der Waals surface area (Å²) in [6.07, 6.45) is 0.705. The number of nitrogens with one attached hydrogen (secondary N) is 1. The van der Waals surface area contributed by atoms with Gasteiger partial charge in [0.25, 0.3) is 0 Å². The maximum atomic E-state index is 13.2. The largest absolute Gasteiger partial charge is 0.415 e. The number of aromatic nitrogens is 1. The number of nitrogens with two attached hydrogens (primary N) is 2. The highest BCUT2D eigenvalue weighted by Crippen LogP contribution is 2.36. The lowest BCUT2D eigenvalue weighted by molar-refractivity contribution is -0.0923. The first kappa shape index (κ1) is 28.5. The quantitative estimate of drug-likeness (QED) is 0.502. The van der Waals surface area contributed by atoms with Crippen molar-refractivity contribution in [3.8, 4) is 0 Å². The fourth-order valence-electron chi connectivity index (χ4n) is 2.69. The maximum Gasteiger partial charge on any atom is 0.415 e. The van der Waals surface area contributed by atoms with E-state index in [4.69, 9.17) is 11.5 Å². The lowest BCUT2D eigenvalue weighted by Crippen LogP contribution is -2.14. The van der Waals surface area contributed by atoms with Crippen LogP contribution in [0, 0.1) is 12.8 Å². The number of allylic oxidation sites excluding steroid dienone is 3. The fraction of sp³-hybridized carbons (Fsp3) is 0.308. The molecule has 1 aliphatic heterocycles. The number of anilines is 1. The van der Waals surface area contributed by atoms with E-state index in [0.29, 0.717) is 11.3 Å². The summed E-state index contributed by atoms with van der Waals surface area (Å²) in [6, 6.07) is 13.3. The number of hydrogen-bond donors (Lipinski definition) is 3. The topological polar surface area (TPSA) is 89.3 Å². The molecule has 3 rings (SSSR count). The van der Waals surface area contributed by atoms with Gasteiger partial charge in [0.2, 0.25) is 0 Å². The third-order valence-corrected chi connectivity index (χ3v) is 4.21. The maximum absolute atomic E-state index is 13.2. The van der Waals surface area contributed by atoms with E-state index in [9.17, 15) is 13.2 Å². The number of nitrogens with zero attached hydrogens (tertiary/aromatic N) is 2. The van der Waals surface area contributed by atoms with E-state index in [2.05, 4.69) is 55.1 Å². The molecular formula is C26H34F3N5. The zero-order valence-electron chi connectivity index (χ0n) is 20.3. The van der Waals surface area contributed by atoms with Crippen molar-refractivity contribution in [1.82, 2.24) is 10.3 Å². The molecule has 2 aromatic rings. The smallest absolute Gasteiger partial charge is 0.403 e. The van der Waals surface area contributed by atoms with Gasteiger partial charge in [-0.25, -0.2) is 4.98 Å². The summed E-state index contributed by atoms with van der Waals surface area (Å²) in [5.41, 5.74) is 12.7. The molecule has 1 aliphatic rings. The Morgan fingerprint density at radius 1 is 1.09 bits per heavy atom. The Morgan fingerprint density at radius 3 is 2.15 bits per heavy atom. The number of aryl methyl sites for hydroxylation is 1. The average Bonchev–Trinajstić information content (AvgIpc) is 3.03. The van der Waals surface area contributed by atoms with Crippen molar-refractivity contribution in [3.63, 3.8) is 0 Å². The van der Waals surface area contributed by atoms with E-state index >= 15 is 0 Å². The molecule has 0 spiro atoms. The number of hydrogen-bond acceptors (Lipinski definition) is 5. The molecule has 5 N–H and O–H groups in total. The molecule has 0 unspecified atom stereocenters. The molecule has 0 fully saturated rings. The first-order chi connectivity index (χ1) is 16.0. The molecule has 184 valence electrons. The van der Waals surface area contributed by atoms with Gasteiger partial charge in [0.1, 0.15) is 5.82 Å². The molecule has 1 aromatic heterocycles. The Morgan fingerprint density at radius 2 is 1.71 bits per heavy atom. The Bertz CT molecular complexity index is 1020. The number of halogens is 3. The molecule has 34 heavy (non-hydrogen) atoms. The van der Waals surface area contributed by atoms with Gasteiger partial charge in [0, 0.05) is 25.0 Å². The second-order valence-corrected chi connectivity index (χ2v) is 8.08. The second kappa shape index (κ2) is 13.9. The Kier molecular flexibility index (Phi) is 11.6. The van der Waals surface area contributed by atoms with E-state index in [1.54, 1.807) is 13.1 Å². The van der Waals surface area contributed by atoms with Crippen LogP contribution in [-0.4, -0.2) is 24.4 Å². The number of aliphatic imine (C=N–C) groups is 1. The van der Waals surface area contributed by atoms with Crippen LogP contribution in [0.1, 0.15) is 44.0 Å². The van der Waals surface area contributed by atoms with Gasteiger partial charge in [-0.3, -0.25) is 4.99 Å². The Labute approximate surface area is 200 Å². The van der Waals surface area contributed by atoms with Gasteiger partial charge in [0.15, 0.2) is 0 Å². The SMILES string of the molecule is CC(C)C.CN/C(=C/N)c1ccc(C2=C(C(F)(F)F)CC=CC=N2)nc1N.Cc1ccccc1. The van der Waals surface area contributed by atoms with Crippen molar-refractivity contribution < 1.29 is 13.2 Å². The van der Waals surface area contributed by atoms with Crippen LogP contribution in [-0.2, 0) is 0 Å². The number of benzene rings is 1. The lowest BCUT2D eigenvalue weighted by Gasteiger charge is -2.14. The first-order valence-corrected chi connectivity index (χ1v) is 10.9. The van der Waals surface area contributed by atoms with Crippen molar-refractivity contribution in [2.24, 2.45) is 16.6 Å². The minimum atomic E-state index is -4.50. The summed E-state index contributed by atoms with van der Waals surface area (Å²) in [6.45, 7) is 8.58. The van der Waals surface area contributed by atoms with Gasteiger partial charge < -0.3 is 16.8 Å². The van der Waals surface area contributed by atoms with Crippen LogP contribution >= 0.6 is 0 Å². The number of pyridine rings is 1. The van der Waals surface area contributed by atoms with Crippen molar-refractivity contribution in [1.29, 1.82) is 0 Å². The van der Waals surface area contributed by atoms with Gasteiger partial charge in [-0.1, -0.05) is 62.7 Å². The normalized spacial score (nSPS) is 13.5. The molecule has 1 aromatic carbocycles. The zero-order chi connectivity index (χ0) is 25.7. The van der Waals surface area contributed by atoms with Gasteiger partial charge in [-0.2, -0.15) is 13.2 Å². The standard InChI is InChI=1S/C15H16F3N5.C7H8.C4H10/c1-21-12(8-19)9-5-6-11(23-14(9)20)13-10(15(16,17)18)4-2-3-7-22-13;1-7-5-3-2-4-6-7;1-4(2)3/h2-3,5-8,21H,4,19H2,1H3,(H2,20,23);2-6H,1H3;4H,1-3H3/b12-8+;;. The molecule has 0 saturated carbocycles. The fourth-order valence-corrected chi connectivity index (χ4v) is 2.69. The summed E-state index contributed by atoms with van der Waals surface area (Å²) in [5, 5.41) is 2.84. The van der Waals surface area contributed by atoms with Crippen LogP contribution in [0.3, 0.4) is 0 Å². The molecule has 5 nitrogen and oxygen atoms in total. The molecule has 0 bridgehead atoms. The Balaban J connectivity index is 0.000000432. The minimum absolute atomic E-state index is 0.0611. The Hall–Kier alpha value is -3.55. The van der Waals surface area contributed by atoms with Crippen molar-refractivity contribution >= 4 is 23.4 Å². The molecule has 8 heteroatoms. The average molecular weight is 474 g/mol. The highest BCUT2D eigenvalue weighted by molar-refractivity contribution is 5.83. The molecule has 0 saturated heterocycles. The second-order valence-electron chi connectivity index (χ2n) is 8.08. The highest BCUT2D eigenvalue weighted by Gasteiger charge is 2.36. The van der Waals surface area contributed by atoms with Gasteiger partial charge in [-0.15, -0.1) is 0 Å². The van der Waals surface area contributed by atoms with Crippen LogP contribution in [0.5, 0.6) is 0 Å². The van der Waals surface area contributed by atoms with Crippen LogP contribution in [0.25, 0.3) is 11.4 Å². The summed E-state index contributed by atoms with van der Waals surface area (Å²) in [5.74, 6) is 0.898. The molecule has 0 radical (unpaired) electrons. The number of nitrogen functional groups attached to an aromatic ring is 1. The van der Waals surface area contributed by atoms with Crippen molar-refractivity contribution in [3.05, 3.63) is 83.2 Å². The van der Waals surface area contributed by atoms with E-state index in [-0.39, 0.29) is 23.6 Å². The predicted octanol–water partition coefficient (Wildman–Crippen LogP) is 6.10. The predicted molar refractivity (Wildman–Crippen MR) is 137 cm³/mol. The van der Waals surface area contributed by atoms with E-state index < -0.39 is 11.7 Å². The molecule has 0 atom stereocenters. The van der Waals surface area contributed by atoms with E-state index in [1.165, 1.54) is 36.2 Å².